The van der Waals surface area contributed by atoms with Crippen molar-refractivity contribution in [2.75, 3.05) is 12.4 Å². The number of rotatable bonds is 2. The lowest BCUT2D eigenvalue weighted by Crippen LogP contribution is -2.19. The van der Waals surface area contributed by atoms with Crippen LogP contribution in [0.3, 0.4) is 0 Å². The standard InChI is InChI=1S/C8H8Cl2N2O2/c1-14-7-3-4(9)6(2-5(7)10)12-8(11)13/h2-3H,1H3,(H3,11,12,13). The molecular weight excluding hydrogens is 227 g/mol. The van der Waals surface area contributed by atoms with E-state index in [-0.39, 0.29) is 0 Å². The third-order valence-electron chi connectivity index (χ3n) is 1.50. The first-order valence-corrected chi connectivity index (χ1v) is 4.39. The minimum atomic E-state index is -0.701. The summed E-state index contributed by atoms with van der Waals surface area (Å²) < 4.78 is 4.93. The average Bonchev–Trinajstić information content (AvgIpc) is 2.10. The molecule has 3 N–H and O–H groups in total. The Morgan fingerprint density at radius 3 is 2.57 bits per heavy atom. The summed E-state index contributed by atoms with van der Waals surface area (Å²) in [4.78, 5) is 10.6. The predicted molar refractivity (Wildman–Crippen MR) is 56.2 cm³/mol. The van der Waals surface area contributed by atoms with Gasteiger partial charge in [-0.25, -0.2) is 4.79 Å². The van der Waals surface area contributed by atoms with E-state index in [0.29, 0.717) is 21.5 Å². The van der Waals surface area contributed by atoms with Gasteiger partial charge < -0.3 is 15.8 Å². The average molecular weight is 235 g/mol. The van der Waals surface area contributed by atoms with Crippen molar-refractivity contribution < 1.29 is 9.53 Å². The highest BCUT2D eigenvalue weighted by Gasteiger charge is 2.08. The molecule has 4 nitrogen and oxygen atoms in total. The fourth-order valence-corrected chi connectivity index (χ4v) is 1.36. The lowest BCUT2D eigenvalue weighted by atomic mass is 10.3. The normalized spacial score (nSPS) is 9.64. The van der Waals surface area contributed by atoms with Crippen LogP contribution in [-0.2, 0) is 0 Å². The summed E-state index contributed by atoms with van der Waals surface area (Å²) in [6, 6.07) is 2.26. The Hall–Kier alpha value is -1.13. The summed E-state index contributed by atoms with van der Waals surface area (Å²) >= 11 is 11.6. The number of hydrogen-bond donors (Lipinski definition) is 2. The molecule has 0 atom stereocenters. The van der Waals surface area contributed by atoms with Gasteiger partial charge in [-0.05, 0) is 6.07 Å². The molecule has 6 heteroatoms. The zero-order chi connectivity index (χ0) is 10.7. The Bertz CT molecular complexity index is 369. The molecule has 0 heterocycles. The van der Waals surface area contributed by atoms with Gasteiger partial charge in [0.2, 0.25) is 0 Å². The van der Waals surface area contributed by atoms with Gasteiger partial charge in [0.1, 0.15) is 5.75 Å². The highest BCUT2D eigenvalue weighted by Crippen LogP contribution is 2.33. The van der Waals surface area contributed by atoms with Crippen molar-refractivity contribution >= 4 is 34.9 Å². The molecule has 1 aromatic rings. The van der Waals surface area contributed by atoms with Crippen LogP contribution >= 0.6 is 23.2 Å². The van der Waals surface area contributed by atoms with Gasteiger partial charge >= 0.3 is 6.03 Å². The fourth-order valence-electron chi connectivity index (χ4n) is 0.914. The number of carbonyl (C=O) groups excluding carboxylic acids is 1. The fraction of sp³-hybridized carbons (Fsp3) is 0.125. The van der Waals surface area contributed by atoms with Crippen molar-refractivity contribution in [3.63, 3.8) is 0 Å². The van der Waals surface area contributed by atoms with Crippen molar-refractivity contribution in [2.24, 2.45) is 5.73 Å². The number of hydrogen-bond acceptors (Lipinski definition) is 2. The monoisotopic (exact) mass is 234 g/mol. The molecule has 1 rings (SSSR count). The van der Waals surface area contributed by atoms with Gasteiger partial charge in [0.15, 0.2) is 0 Å². The van der Waals surface area contributed by atoms with Crippen molar-refractivity contribution in [3.05, 3.63) is 22.2 Å². The molecule has 0 aliphatic rings. The lowest BCUT2D eigenvalue weighted by molar-refractivity contribution is 0.259. The largest absolute Gasteiger partial charge is 0.495 e. The predicted octanol–water partition coefficient (Wildman–Crippen LogP) is 2.49. The van der Waals surface area contributed by atoms with Crippen LogP contribution in [-0.4, -0.2) is 13.1 Å². The molecule has 1 aromatic carbocycles. The molecule has 0 aromatic heterocycles. The maximum Gasteiger partial charge on any atom is 0.316 e. The quantitative estimate of drug-likeness (QED) is 0.826. The van der Waals surface area contributed by atoms with Crippen LogP contribution in [0.15, 0.2) is 12.1 Å². The summed E-state index contributed by atoms with van der Waals surface area (Å²) in [6.07, 6.45) is 0. The molecule has 0 radical (unpaired) electrons. The van der Waals surface area contributed by atoms with E-state index in [0.717, 1.165) is 0 Å². The molecule has 0 spiro atoms. The number of halogens is 2. The van der Waals surface area contributed by atoms with Crippen LogP contribution in [0.4, 0.5) is 10.5 Å². The highest BCUT2D eigenvalue weighted by molar-refractivity contribution is 6.36. The van der Waals surface area contributed by atoms with Gasteiger partial charge in [-0.1, -0.05) is 23.2 Å². The van der Waals surface area contributed by atoms with E-state index in [1.807, 2.05) is 0 Å². The third-order valence-corrected chi connectivity index (χ3v) is 2.11. The molecule has 2 amide bonds. The summed E-state index contributed by atoms with van der Waals surface area (Å²) in [5.41, 5.74) is 5.28. The first kappa shape index (κ1) is 10.9. The minimum absolute atomic E-state index is 0.310. The first-order valence-electron chi connectivity index (χ1n) is 3.64. The van der Waals surface area contributed by atoms with E-state index in [4.69, 9.17) is 33.7 Å². The SMILES string of the molecule is COc1cc(Cl)c(NC(N)=O)cc1Cl. The molecule has 0 unspecified atom stereocenters. The van der Waals surface area contributed by atoms with Gasteiger partial charge in [-0.3, -0.25) is 0 Å². The molecule has 14 heavy (non-hydrogen) atoms. The molecule has 0 aliphatic carbocycles. The summed E-state index contributed by atoms with van der Waals surface area (Å²) in [6.45, 7) is 0. The van der Waals surface area contributed by atoms with Gasteiger partial charge in [0.25, 0.3) is 0 Å². The number of amides is 2. The van der Waals surface area contributed by atoms with Crippen LogP contribution in [0.5, 0.6) is 5.75 Å². The van der Waals surface area contributed by atoms with Crippen LogP contribution in [0.25, 0.3) is 0 Å². The Kier molecular flexibility index (Phi) is 3.43. The molecule has 0 saturated carbocycles. The Morgan fingerprint density at radius 2 is 2.07 bits per heavy atom. The number of methoxy groups -OCH3 is 1. The Labute approximate surface area is 90.9 Å². The zero-order valence-corrected chi connectivity index (χ0v) is 8.82. The van der Waals surface area contributed by atoms with Crippen molar-refractivity contribution in [1.29, 1.82) is 0 Å². The molecule has 0 saturated heterocycles. The highest BCUT2D eigenvalue weighted by atomic mass is 35.5. The number of benzene rings is 1. The van der Waals surface area contributed by atoms with Crippen LogP contribution in [0.1, 0.15) is 0 Å². The van der Waals surface area contributed by atoms with E-state index in [1.165, 1.54) is 19.2 Å². The maximum atomic E-state index is 10.6. The Morgan fingerprint density at radius 1 is 1.43 bits per heavy atom. The molecule has 76 valence electrons. The minimum Gasteiger partial charge on any atom is -0.495 e. The molecule has 0 fully saturated rings. The van der Waals surface area contributed by atoms with E-state index < -0.39 is 6.03 Å². The van der Waals surface area contributed by atoms with Gasteiger partial charge in [0.05, 0.1) is 22.8 Å². The topological polar surface area (TPSA) is 64.3 Å². The van der Waals surface area contributed by atoms with Crippen molar-refractivity contribution in [2.45, 2.75) is 0 Å². The van der Waals surface area contributed by atoms with E-state index >= 15 is 0 Å². The van der Waals surface area contributed by atoms with Crippen LogP contribution in [0, 0.1) is 0 Å². The third kappa shape index (κ3) is 2.43. The van der Waals surface area contributed by atoms with E-state index in [1.54, 1.807) is 0 Å². The smallest absolute Gasteiger partial charge is 0.316 e. The number of primary amides is 1. The van der Waals surface area contributed by atoms with Crippen LogP contribution < -0.4 is 15.8 Å². The molecule has 0 bridgehead atoms. The second-order valence-electron chi connectivity index (χ2n) is 2.46. The van der Waals surface area contributed by atoms with E-state index in [2.05, 4.69) is 5.32 Å². The van der Waals surface area contributed by atoms with Crippen molar-refractivity contribution in [1.82, 2.24) is 0 Å². The van der Waals surface area contributed by atoms with Gasteiger partial charge in [-0.15, -0.1) is 0 Å². The lowest BCUT2D eigenvalue weighted by Gasteiger charge is -2.08. The van der Waals surface area contributed by atoms with Gasteiger partial charge in [-0.2, -0.15) is 0 Å². The van der Waals surface area contributed by atoms with Gasteiger partial charge in [0, 0.05) is 6.07 Å². The number of urea groups is 1. The number of anilines is 1. The number of ether oxygens (including phenoxy) is 1. The number of nitrogens with two attached hydrogens (primary N) is 1. The number of carbonyl (C=O) groups is 1. The number of nitrogens with one attached hydrogen (secondary N) is 1. The summed E-state index contributed by atoms with van der Waals surface area (Å²) in [5, 5.41) is 2.99. The zero-order valence-electron chi connectivity index (χ0n) is 7.30. The Balaban J connectivity index is 3.08. The summed E-state index contributed by atoms with van der Waals surface area (Å²) in [5.74, 6) is 0.437. The molecular formula is C8H8Cl2N2O2. The molecule has 0 aliphatic heterocycles. The van der Waals surface area contributed by atoms with E-state index in [9.17, 15) is 4.79 Å². The summed E-state index contributed by atoms with van der Waals surface area (Å²) in [7, 11) is 1.47. The maximum absolute atomic E-state index is 10.6. The van der Waals surface area contributed by atoms with Crippen LogP contribution in [0.2, 0.25) is 10.0 Å². The second-order valence-corrected chi connectivity index (χ2v) is 3.27. The second kappa shape index (κ2) is 4.39. The first-order chi connectivity index (χ1) is 6.54. The van der Waals surface area contributed by atoms with Crippen molar-refractivity contribution in [3.8, 4) is 5.75 Å².